The molecule has 3 N–H and O–H groups in total. The zero-order chi connectivity index (χ0) is 20.5. The third kappa shape index (κ3) is 4.11. The average Bonchev–Trinajstić information content (AvgIpc) is 3.35. The highest BCUT2D eigenvalue weighted by Gasteiger charge is 2.11. The molecule has 2 amide bonds. The SMILES string of the molecule is Cc1ccc(NC(=O)Nc2cccc3c2ccn3Cc2c[nH]c3ncccc23)cc1.Cl. The standard InChI is InChI=1S/C24H21N5O.ClH/c1-16-7-9-18(10-8-16)27-24(30)28-21-5-2-6-22-20(21)11-13-29(22)15-17-14-26-23-19(17)4-3-12-25-23;/h2-14H,15H2,1H3,(H,25,26)(H2,27,28,30);1H. The molecule has 6 nitrogen and oxygen atoms in total. The first-order valence-electron chi connectivity index (χ1n) is 9.81. The maximum atomic E-state index is 12.5. The van der Waals surface area contributed by atoms with E-state index >= 15 is 0 Å². The van der Waals surface area contributed by atoms with Crippen LogP contribution in [0.3, 0.4) is 0 Å². The molecule has 0 unspecified atom stereocenters. The van der Waals surface area contributed by atoms with Crippen LogP contribution in [0.1, 0.15) is 11.1 Å². The van der Waals surface area contributed by atoms with Crippen molar-refractivity contribution in [3.63, 3.8) is 0 Å². The lowest BCUT2D eigenvalue weighted by molar-refractivity contribution is 0.262. The molecular formula is C24H22ClN5O. The summed E-state index contributed by atoms with van der Waals surface area (Å²) in [4.78, 5) is 20.1. The third-order valence-electron chi connectivity index (χ3n) is 5.25. The van der Waals surface area contributed by atoms with Gasteiger partial charge in [0.2, 0.25) is 0 Å². The lowest BCUT2D eigenvalue weighted by Crippen LogP contribution is -2.19. The molecule has 0 aliphatic carbocycles. The first kappa shape index (κ1) is 20.5. The van der Waals surface area contributed by atoms with Crippen molar-refractivity contribution in [3.05, 3.63) is 90.4 Å². The number of halogens is 1. The number of rotatable bonds is 4. The Kier molecular flexibility index (Phi) is 5.64. The highest BCUT2D eigenvalue weighted by molar-refractivity contribution is 6.05. The van der Waals surface area contributed by atoms with E-state index in [1.807, 2.05) is 67.8 Å². The van der Waals surface area contributed by atoms with Crippen LogP contribution in [-0.4, -0.2) is 20.6 Å². The predicted octanol–water partition coefficient (Wildman–Crippen LogP) is 5.94. The lowest BCUT2D eigenvalue weighted by Gasteiger charge is -2.10. The first-order chi connectivity index (χ1) is 14.7. The third-order valence-corrected chi connectivity index (χ3v) is 5.25. The second-order valence-electron chi connectivity index (χ2n) is 7.34. The molecule has 0 atom stereocenters. The molecular weight excluding hydrogens is 410 g/mol. The molecule has 0 radical (unpaired) electrons. The molecule has 156 valence electrons. The number of urea groups is 1. The number of carbonyl (C=O) groups excluding carboxylic acids is 1. The first-order valence-corrected chi connectivity index (χ1v) is 9.81. The van der Waals surface area contributed by atoms with Gasteiger partial charge in [-0.3, -0.25) is 0 Å². The topological polar surface area (TPSA) is 74.7 Å². The van der Waals surface area contributed by atoms with Gasteiger partial charge in [0.25, 0.3) is 0 Å². The summed E-state index contributed by atoms with van der Waals surface area (Å²) in [6.07, 6.45) is 5.83. The van der Waals surface area contributed by atoms with Crippen LogP contribution >= 0.6 is 12.4 Å². The quantitative estimate of drug-likeness (QED) is 0.329. The average molecular weight is 432 g/mol. The van der Waals surface area contributed by atoms with Crippen molar-refractivity contribution < 1.29 is 4.79 Å². The maximum Gasteiger partial charge on any atom is 0.323 e. The Labute approximate surface area is 185 Å². The number of amides is 2. The van der Waals surface area contributed by atoms with E-state index in [1.54, 1.807) is 6.20 Å². The number of aryl methyl sites for hydroxylation is 1. The number of aromatic amines is 1. The van der Waals surface area contributed by atoms with Gasteiger partial charge in [-0.2, -0.15) is 0 Å². The molecule has 3 aromatic heterocycles. The Bertz CT molecular complexity index is 1350. The highest BCUT2D eigenvalue weighted by atomic mass is 35.5. The Balaban J connectivity index is 0.00000231. The summed E-state index contributed by atoms with van der Waals surface area (Å²) in [6.45, 7) is 2.73. The molecule has 0 saturated carbocycles. The Morgan fingerprint density at radius 2 is 1.84 bits per heavy atom. The van der Waals surface area contributed by atoms with Crippen molar-refractivity contribution in [3.8, 4) is 0 Å². The van der Waals surface area contributed by atoms with E-state index in [-0.39, 0.29) is 18.4 Å². The van der Waals surface area contributed by atoms with E-state index in [4.69, 9.17) is 0 Å². The number of nitrogens with one attached hydrogen (secondary N) is 3. The van der Waals surface area contributed by atoms with Crippen LogP contribution in [0, 0.1) is 6.92 Å². The molecule has 5 aromatic rings. The van der Waals surface area contributed by atoms with Crippen LogP contribution in [0.4, 0.5) is 16.2 Å². The summed E-state index contributed by atoms with van der Waals surface area (Å²) in [7, 11) is 0. The van der Waals surface area contributed by atoms with Crippen molar-refractivity contribution in [2.24, 2.45) is 0 Å². The van der Waals surface area contributed by atoms with Gasteiger partial charge in [0.1, 0.15) is 5.65 Å². The van der Waals surface area contributed by atoms with E-state index in [2.05, 4.69) is 37.3 Å². The molecule has 3 heterocycles. The number of benzene rings is 2. The molecule has 0 saturated heterocycles. The number of pyridine rings is 1. The summed E-state index contributed by atoms with van der Waals surface area (Å²) in [5.74, 6) is 0. The Hall–Kier alpha value is -3.77. The molecule has 7 heteroatoms. The minimum Gasteiger partial charge on any atom is -0.346 e. The van der Waals surface area contributed by atoms with Crippen LogP contribution in [-0.2, 0) is 6.54 Å². The van der Waals surface area contributed by atoms with Gasteiger partial charge >= 0.3 is 6.03 Å². The molecule has 0 aliphatic rings. The fourth-order valence-corrected chi connectivity index (χ4v) is 3.72. The number of fused-ring (bicyclic) bond motifs is 2. The zero-order valence-electron chi connectivity index (χ0n) is 16.9. The van der Waals surface area contributed by atoms with Crippen LogP contribution in [0.25, 0.3) is 21.9 Å². The molecule has 0 spiro atoms. The minimum atomic E-state index is -0.262. The van der Waals surface area contributed by atoms with Gasteiger partial charge in [-0.25, -0.2) is 9.78 Å². The highest BCUT2D eigenvalue weighted by Crippen LogP contribution is 2.26. The van der Waals surface area contributed by atoms with Crippen LogP contribution in [0.2, 0.25) is 0 Å². The van der Waals surface area contributed by atoms with Crippen LogP contribution in [0.5, 0.6) is 0 Å². The minimum absolute atomic E-state index is 0. The Morgan fingerprint density at radius 1 is 1.00 bits per heavy atom. The number of H-pyrrole nitrogens is 1. The van der Waals surface area contributed by atoms with Crippen molar-refractivity contribution in [2.75, 3.05) is 10.6 Å². The lowest BCUT2D eigenvalue weighted by atomic mass is 10.2. The molecule has 31 heavy (non-hydrogen) atoms. The Morgan fingerprint density at radius 3 is 2.68 bits per heavy atom. The smallest absolute Gasteiger partial charge is 0.323 e. The second-order valence-corrected chi connectivity index (χ2v) is 7.34. The number of nitrogens with zero attached hydrogens (tertiary/aromatic N) is 2. The summed E-state index contributed by atoms with van der Waals surface area (Å²) in [5, 5.41) is 7.96. The van der Waals surface area contributed by atoms with E-state index in [0.717, 1.165) is 38.9 Å². The largest absolute Gasteiger partial charge is 0.346 e. The van der Waals surface area contributed by atoms with Crippen molar-refractivity contribution in [1.29, 1.82) is 0 Å². The zero-order valence-corrected chi connectivity index (χ0v) is 17.7. The second kappa shape index (κ2) is 8.53. The van der Waals surface area contributed by atoms with Gasteiger partial charge in [0, 0.05) is 41.6 Å². The maximum absolute atomic E-state index is 12.5. The monoisotopic (exact) mass is 431 g/mol. The number of carbonyl (C=O) groups is 1. The number of anilines is 2. The number of aromatic nitrogens is 3. The van der Waals surface area contributed by atoms with Gasteiger partial charge < -0.3 is 20.2 Å². The van der Waals surface area contributed by atoms with Crippen molar-refractivity contribution in [1.82, 2.24) is 14.5 Å². The molecule has 0 bridgehead atoms. The van der Waals surface area contributed by atoms with Crippen molar-refractivity contribution >= 4 is 51.7 Å². The molecule has 0 fully saturated rings. The molecule has 2 aromatic carbocycles. The van der Waals surface area contributed by atoms with Gasteiger partial charge in [0.05, 0.1) is 11.2 Å². The molecule has 5 rings (SSSR count). The fraction of sp³-hybridized carbons (Fsp3) is 0.0833. The number of hydrogen-bond acceptors (Lipinski definition) is 2. The summed E-state index contributed by atoms with van der Waals surface area (Å²) in [5.41, 5.74) is 5.80. The summed E-state index contributed by atoms with van der Waals surface area (Å²) < 4.78 is 2.17. The van der Waals surface area contributed by atoms with Crippen LogP contribution < -0.4 is 10.6 Å². The number of hydrogen-bond donors (Lipinski definition) is 3. The molecule has 0 aliphatic heterocycles. The van der Waals surface area contributed by atoms with Crippen molar-refractivity contribution in [2.45, 2.75) is 13.5 Å². The normalized spacial score (nSPS) is 10.7. The van der Waals surface area contributed by atoms with Gasteiger partial charge in [0.15, 0.2) is 0 Å². The summed E-state index contributed by atoms with van der Waals surface area (Å²) >= 11 is 0. The fourth-order valence-electron chi connectivity index (χ4n) is 3.72. The van der Waals surface area contributed by atoms with E-state index < -0.39 is 0 Å². The predicted molar refractivity (Wildman–Crippen MR) is 128 cm³/mol. The van der Waals surface area contributed by atoms with Gasteiger partial charge in [-0.05, 0) is 55.0 Å². The van der Waals surface area contributed by atoms with E-state index in [1.165, 1.54) is 5.56 Å². The summed E-state index contributed by atoms with van der Waals surface area (Å²) in [6, 6.07) is 19.4. The van der Waals surface area contributed by atoms with E-state index in [0.29, 0.717) is 6.54 Å². The van der Waals surface area contributed by atoms with Gasteiger partial charge in [-0.15, -0.1) is 12.4 Å². The van der Waals surface area contributed by atoms with Gasteiger partial charge in [-0.1, -0.05) is 23.8 Å². The van der Waals surface area contributed by atoms with Crippen LogP contribution in [0.15, 0.2) is 79.3 Å². The van der Waals surface area contributed by atoms with E-state index in [9.17, 15) is 4.79 Å².